The molecule has 0 fully saturated rings. The Balaban J connectivity index is 0. The van der Waals surface area contributed by atoms with Crippen molar-refractivity contribution in [1.29, 1.82) is 0 Å². The third-order valence-electron chi connectivity index (χ3n) is 0. The molecule has 0 saturated heterocycles. The Morgan fingerprint density at radius 2 is 0.286 bits per heavy atom. The summed E-state index contributed by atoms with van der Waals surface area (Å²) in [6, 6.07) is 0. The molecule has 0 aromatic heterocycles. The van der Waals surface area contributed by atoms with Crippen LogP contribution >= 0.6 is 0 Å². The smallest absolute Gasteiger partial charge is 0 e. The molecule has 7 heavy (non-hydrogen) atoms. The van der Waals surface area contributed by atoms with Crippen LogP contribution in [-0.2, 0) is 0 Å². The fourth-order valence-corrected chi connectivity index (χ4v) is 0. The molecular formula is H6F6Xe. The first-order valence-corrected chi connectivity index (χ1v) is 0. The van der Waals surface area contributed by atoms with Gasteiger partial charge in [0.25, 0.3) is 0 Å². The summed E-state index contributed by atoms with van der Waals surface area (Å²) in [5.41, 5.74) is 0. The van der Waals surface area contributed by atoms with E-state index in [1.165, 1.54) is 0 Å². The predicted octanol–water partition coefficient (Wildman–Crippen LogP) is 0.915. The van der Waals surface area contributed by atoms with E-state index in [1.54, 1.807) is 0 Å². The van der Waals surface area contributed by atoms with E-state index in [0.717, 1.165) is 0 Å². The van der Waals surface area contributed by atoms with Gasteiger partial charge in [0, 0.05) is 48.9 Å². The molecule has 0 aromatic carbocycles. The van der Waals surface area contributed by atoms with E-state index in [9.17, 15) is 0 Å². The van der Waals surface area contributed by atoms with Crippen LogP contribution in [0.5, 0.6) is 0 Å². The second-order valence-corrected chi connectivity index (χ2v) is 0. The molecule has 0 aliphatic rings. The van der Waals surface area contributed by atoms with Crippen LogP contribution in [0.1, 0.15) is 0 Å². The van der Waals surface area contributed by atoms with Crippen molar-refractivity contribution in [2.24, 2.45) is 0 Å². The molecule has 0 unspecified atom stereocenters. The van der Waals surface area contributed by atoms with Crippen molar-refractivity contribution in [2.75, 3.05) is 0 Å². The number of hydrogen-bond acceptors (Lipinski definition) is 0. The third-order valence-corrected chi connectivity index (χ3v) is 0. The van der Waals surface area contributed by atoms with E-state index in [4.69, 9.17) is 0 Å². The average Bonchev–Trinajstić information content (AvgIpc) is 0. The molecule has 0 aliphatic heterocycles. The maximum absolute atomic E-state index is 0. The molecule has 0 rings (SSSR count). The van der Waals surface area contributed by atoms with Crippen molar-refractivity contribution in [2.45, 2.75) is 0 Å². The Morgan fingerprint density at radius 1 is 0.286 bits per heavy atom. The van der Waals surface area contributed by atoms with Crippen LogP contribution in [0.15, 0.2) is 0 Å². The van der Waals surface area contributed by atoms with E-state index in [1.807, 2.05) is 0 Å². The first kappa shape index (κ1) is 314. The molecule has 0 aromatic rings. The second kappa shape index (κ2) is 204. The molecule has 0 amide bonds. The Hall–Kier alpha value is 1.15. The van der Waals surface area contributed by atoms with Crippen LogP contribution in [-0.4, -0.2) is 0 Å². The van der Waals surface area contributed by atoms with Gasteiger partial charge in [-0.05, 0) is 0 Å². The fourth-order valence-electron chi connectivity index (χ4n) is 0. The normalized spacial score (nSPS) is 0. The Morgan fingerprint density at radius 3 is 0.286 bits per heavy atom. The molecule has 0 spiro atoms. The second-order valence-electron chi connectivity index (χ2n) is 0. The standard InChI is InChI=1S/6FH.Xe/h6*1H;. The summed E-state index contributed by atoms with van der Waals surface area (Å²) in [4.78, 5) is 0. The Kier molecular flexibility index (Phi) is 9170. The zero-order chi connectivity index (χ0) is 0. The van der Waals surface area contributed by atoms with E-state index in [-0.39, 0.29) is 77.1 Å². The van der Waals surface area contributed by atoms with Crippen LogP contribution in [0.3, 0.4) is 0 Å². The molecule has 0 saturated carbocycles. The molecule has 0 radical (unpaired) electrons. The fraction of sp³-hybridized carbons (Fsp3) is 0. The first-order valence-electron chi connectivity index (χ1n) is 0. The molecule has 0 nitrogen and oxygen atoms in total. The summed E-state index contributed by atoms with van der Waals surface area (Å²) in [6.45, 7) is 0. The van der Waals surface area contributed by atoms with Gasteiger partial charge in [-0.2, -0.15) is 0 Å². The maximum Gasteiger partial charge on any atom is 0 e. The molecule has 0 atom stereocenters. The van der Waals surface area contributed by atoms with Crippen molar-refractivity contribution in [3.05, 3.63) is 0 Å². The minimum absolute atomic E-state index is 0. The van der Waals surface area contributed by atoms with E-state index < -0.39 is 0 Å². The number of halogens is 6. The topological polar surface area (TPSA) is 0 Å². The van der Waals surface area contributed by atoms with Gasteiger partial charge in [0.05, 0.1) is 0 Å². The molecule has 0 N–H and O–H groups in total. The Bertz CT molecular complexity index is 4.14. The molecular weight excluding hydrogens is 245 g/mol. The van der Waals surface area contributed by atoms with Crippen LogP contribution in [0.4, 0.5) is 28.2 Å². The largest absolute Gasteiger partial charge is 0.269 e. The minimum atomic E-state index is 0. The van der Waals surface area contributed by atoms with E-state index in [2.05, 4.69) is 0 Å². The van der Waals surface area contributed by atoms with Gasteiger partial charge in [0.15, 0.2) is 0 Å². The summed E-state index contributed by atoms with van der Waals surface area (Å²) in [5, 5.41) is 0. The summed E-state index contributed by atoms with van der Waals surface area (Å²) < 4.78 is 0. The van der Waals surface area contributed by atoms with Crippen molar-refractivity contribution in [3.63, 3.8) is 0 Å². The van der Waals surface area contributed by atoms with Crippen LogP contribution in [0.2, 0.25) is 0 Å². The molecule has 0 aliphatic carbocycles. The van der Waals surface area contributed by atoms with Crippen molar-refractivity contribution in [3.8, 4) is 0 Å². The third kappa shape index (κ3) is 143. The number of hydrogen-bond donors (Lipinski definition) is 0. The van der Waals surface area contributed by atoms with Gasteiger partial charge in [-0.25, -0.2) is 0 Å². The SMILES string of the molecule is F.F.F.F.F.F.[Xe]. The van der Waals surface area contributed by atoms with Crippen LogP contribution in [0.25, 0.3) is 0 Å². The quantitative estimate of drug-likeness (QED) is 0.562. The van der Waals surface area contributed by atoms with Gasteiger partial charge in [0.2, 0.25) is 0 Å². The number of rotatable bonds is 0. The summed E-state index contributed by atoms with van der Waals surface area (Å²) in [7, 11) is 0. The van der Waals surface area contributed by atoms with Crippen molar-refractivity contribution in [1.82, 2.24) is 0 Å². The van der Waals surface area contributed by atoms with Crippen LogP contribution in [0, 0.1) is 48.9 Å². The molecule has 7 heteroatoms. The Labute approximate surface area is 76.3 Å². The zero-order valence-corrected chi connectivity index (χ0v) is 4.82. The summed E-state index contributed by atoms with van der Waals surface area (Å²) >= 11 is 0. The van der Waals surface area contributed by atoms with E-state index >= 15 is 0 Å². The predicted molar refractivity (Wildman–Crippen MR) is 15.0 cm³/mol. The van der Waals surface area contributed by atoms with Gasteiger partial charge in [-0.15, -0.1) is 0 Å². The van der Waals surface area contributed by atoms with Gasteiger partial charge in [-0.1, -0.05) is 0 Å². The maximum atomic E-state index is 0. The summed E-state index contributed by atoms with van der Waals surface area (Å²) in [5.74, 6) is 0. The molecule has 56 valence electrons. The van der Waals surface area contributed by atoms with Gasteiger partial charge >= 0.3 is 0 Å². The van der Waals surface area contributed by atoms with Crippen LogP contribution < -0.4 is 0 Å². The molecule has 0 heterocycles. The monoisotopic (exact) mass is 252 g/mol. The first-order chi connectivity index (χ1) is 0. The van der Waals surface area contributed by atoms with E-state index in [0.29, 0.717) is 0 Å². The van der Waals surface area contributed by atoms with Gasteiger partial charge < -0.3 is 0 Å². The van der Waals surface area contributed by atoms with Gasteiger partial charge in [0.1, 0.15) is 0 Å². The summed E-state index contributed by atoms with van der Waals surface area (Å²) in [6.07, 6.45) is 0. The zero-order valence-electron chi connectivity index (χ0n) is 2.80. The van der Waals surface area contributed by atoms with Crippen molar-refractivity contribution < 1.29 is 77.1 Å². The average molecular weight is 251 g/mol. The molecule has 0 bridgehead atoms. The van der Waals surface area contributed by atoms with Crippen molar-refractivity contribution >= 4 is 0 Å². The van der Waals surface area contributed by atoms with Gasteiger partial charge in [-0.3, -0.25) is 28.2 Å². The minimum Gasteiger partial charge on any atom is -0.269 e.